The number of carbonyl (C=O) groups excluding carboxylic acids is 2. The van der Waals surface area contributed by atoms with Crippen molar-refractivity contribution >= 4 is 12.2 Å². The summed E-state index contributed by atoms with van der Waals surface area (Å²) >= 11 is 0. The van der Waals surface area contributed by atoms with Crippen LogP contribution < -0.4 is 14.8 Å². The predicted octanol–water partition coefficient (Wildman–Crippen LogP) is 3.36. The smallest absolute Gasteiger partial charge is 0.258 e. The molecule has 1 fully saturated rings. The molecule has 132 valence electrons. The van der Waals surface area contributed by atoms with Crippen molar-refractivity contribution in [3.8, 4) is 11.5 Å². The molecule has 1 saturated carbocycles. The van der Waals surface area contributed by atoms with E-state index in [4.69, 9.17) is 9.47 Å². The summed E-state index contributed by atoms with van der Waals surface area (Å²) in [5.74, 6) is 1.37. The Morgan fingerprint density at radius 3 is 2.79 bits per heavy atom. The fourth-order valence-corrected chi connectivity index (χ4v) is 2.97. The molecular weight excluding hydrogens is 306 g/mol. The van der Waals surface area contributed by atoms with Crippen LogP contribution in [0, 0.1) is 5.92 Å². The molecule has 0 radical (unpaired) electrons. The highest BCUT2D eigenvalue weighted by atomic mass is 16.5. The van der Waals surface area contributed by atoms with Crippen molar-refractivity contribution in [2.45, 2.75) is 52.0 Å². The van der Waals surface area contributed by atoms with Gasteiger partial charge in [0.05, 0.1) is 12.2 Å². The second kappa shape index (κ2) is 9.30. The summed E-state index contributed by atoms with van der Waals surface area (Å²) in [7, 11) is 0. The first-order valence-corrected chi connectivity index (χ1v) is 8.78. The maximum absolute atomic E-state index is 12.1. The lowest BCUT2D eigenvalue weighted by atomic mass is 9.86. The van der Waals surface area contributed by atoms with E-state index in [1.165, 1.54) is 6.42 Å². The Bertz CT molecular complexity index is 558. The van der Waals surface area contributed by atoms with Gasteiger partial charge in [0.1, 0.15) is 11.5 Å². The third kappa shape index (κ3) is 5.25. The molecule has 5 nitrogen and oxygen atoms in total. The summed E-state index contributed by atoms with van der Waals surface area (Å²) in [6.45, 7) is 4.69. The Hall–Kier alpha value is -2.04. The monoisotopic (exact) mass is 333 g/mol. The van der Waals surface area contributed by atoms with Crippen LogP contribution in [-0.2, 0) is 4.79 Å². The average molecular weight is 333 g/mol. The molecule has 1 aromatic carbocycles. The summed E-state index contributed by atoms with van der Waals surface area (Å²) in [5, 5.41) is 3.04. The third-order valence-electron chi connectivity index (χ3n) is 4.40. The van der Waals surface area contributed by atoms with Crippen LogP contribution in [0.3, 0.4) is 0 Å². The molecule has 24 heavy (non-hydrogen) atoms. The number of amides is 1. The van der Waals surface area contributed by atoms with E-state index in [-0.39, 0.29) is 18.6 Å². The summed E-state index contributed by atoms with van der Waals surface area (Å²) in [5.41, 5.74) is 0.415. The zero-order valence-corrected chi connectivity index (χ0v) is 14.5. The molecular formula is C19H27NO4. The number of rotatable bonds is 8. The highest BCUT2D eigenvalue weighted by Gasteiger charge is 2.23. The van der Waals surface area contributed by atoms with Gasteiger partial charge in [-0.3, -0.25) is 9.59 Å². The van der Waals surface area contributed by atoms with Crippen molar-refractivity contribution in [2.24, 2.45) is 5.92 Å². The Kier molecular flexibility index (Phi) is 7.09. The number of hydrogen-bond acceptors (Lipinski definition) is 4. The van der Waals surface area contributed by atoms with E-state index in [0.717, 1.165) is 32.0 Å². The van der Waals surface area contributed by atoms with Gasteiger partial charge in [-0.25, -0.2) is 0 Å². The van der Waals surface area contributed by atoms with E-state index in [9.17, 15) is 9.59 Å². The molecule has 0 spiro atoms. The third-order valence-corrected chi connectivity index (χ3v) is 4.40. The molecule has 0 saturated heterocycles. The van der Waals surface area contributed by atoms with Crippen LogP contribution in [0.5, 0.6) is 11.5 Å². The molecule has 1 aliphatic carbocycles. The largest absolute Gasteiger partial charge is 0.493 e. The molecule has 1 aliphatic rings. The van der Waals surface area contributed by atoms with Gasteiger partial charge in [0.25, 0.3) is 5.91 Å². The van der Waals surface area contributed by atoms with E-state index in [2.05, 4.69) is 12.2 Å². The van der Waals surface area contributed by atoms with Crippen LogP contribution in [0.2, 0.25) is 0 Å². The van der Waals surface area contributed by atoms with E-state index in [0.29, 0.717) is 29.6 Å². The lowest BCUT2D eigenvalue weighted by molar-refractivity contribution is -0.124. The van der Waals surface area contributed by atoms with Gasteiger partial charge in [-0.15, -0.1) is 0 Å². The molecule has 0 aromatic heterocycles. The highest BCUT2D eigenvalue weighted by molar-refractivity contribution is 5.81. The molecule has 1 aromatic rings. The lowest BCUT2D eigenvalue weighted by Crippen LogP contribution is -2.43. The number of hydrogen-bond donors (Lipinski definition) is 1. The Morgan fingerprint density at radius 2 is 2.08 bits per heavy atom. The molecule has 0 bridgehead atoms. The van der Waals surface area contributed by atoms with Gasteiger partial charge in [0, 0.05) is 12.1 Å². The maximum Gasteiger partial charge on any atom is 0.258 e. The van der Waals surface area contributed by atoms with E-state index < -0.39 is 0 Å². The summed E-state index contributed by atoms with van der Waals surface area (Å²) < 4.78 is 11.1. The first kappa shape index (κ1) is 18.3. The van der Waals surface area contributed by atoms with Crippen LogP contribution in [0.4, 0.5) is 0 Å². The molecule has 0 heterocycles. The second-order valence-corrected chi connectivity index (χ2v) is 6.39. The normalized spacial score (nSPS) is 20.2. The van der Waals surface area contributed by atoms with Crippen LogP contribution in [0.15, 0.2) is 18.2 Å². The maximum atomic E-state index is 12.1. The fourth-order valence-electron chi connectivity index (χ4n) is 2.97. The number of carbonyl (C=O) groups is 2. The quantitative estimate of drug-likeness (QED) is 0.741. The topological polar surface area (TPSA) is 64.6 Å². The second-order valence-electron chi connectivity index (χ2n) is 6.39. The van der Waals surface area contributed by atoms with Crippen molar-refractivity contribution in [1.29, 1.82) is 0 Å². The van der Waals surface area contributed by atoms with Crippen molar-refractivity contribution < 1.29 is 19.1 Å². The number of nitrogens with one attached hydrogen (secondary N) is 1. The van der Waals surface area contributed by atoms with Gasteiger partial charge in [0.2, 0.25) is 0 Å². The Balaban J connectivity index is 1.91. The highest BCUT2D eigenvalue weighted by Crippen LogP contribution is 2.25. The Morgan fingerprint density at radius 1 is 1.29 bits per heavy atom. The van der Waals surface area contributed by atoms with E-state index in [1.807, 2.05) is 6.92 Å². The van der Waals surface area contributed by atoms with Crippen molar-refractivity contribution in [1.82, 2.24) is 5.32 Å². The van der Waals surface area contributed by atoms with E-state index >= 15 is 0 Å². The first-order valence-electron chi connectivity index (χ1n) is 8.78. The molecule has 5 heteroatoms. The predicted molar refractivity (Wildman–Crippen MR) is 92.7 cm³/mol. The zero-order valence-electron chi connectivity index (χ0n) is 14.5. The summed E-state index contributed by atoms with van der Waals surface area (Å²) in [6, 6.07) is 5.26. The minimum atomic E-state index is -0.148. The minimum Gasteiger partial charge on any atom is -0.493 e. The zero-order chi connectivity index (χ0) is 17.4. The summed E-state index contributed by atoms with van der Waals surface area (Å²) in [4.78, 5) is 23.3. The molecule has 0 aliphatic heterocycles. The number of benzene rings is 1. The molecule has 1 amide bonds. The van der Waals surface area contributed by atoms with Gasteiger partial charge < -0.3 is 14.8 Å². The first-order chi connectivity index (χ1) is 11.6. The minimum absolute atomic E-state index is 0.0959. The van der Waals surface area contributed by atoms with Crippen molar-refractivity contribution in [3.05, 3.63) is 23.8 Å². The van der Waals surface area contributed by atoms with Crippen LogP contribution in [0.25, 0.3) is 0 Å². The van der Waals surface area contributed by atoms with Crippen LogP contribution in [0.1, 0.15) is 56.3 Å². The number of ether oxygens (including phenoxy) is 2. The van der Waals surface area contributed by atoms with Gasteiger partial charge in [-0.2, -0.15) is 0 Å². The standard InChI is InChI=1S/C19H27NO4/c1-3-10-23-16-9-8-15(12-21)18(11-16)24-13-19(22)20-17-7-5-4-6-14(17)2/h8-9,11-12,14,17H,3-7,10,13H2,1-2H3,(H,20,22)/t14-,17-/m1/s1. The van der Waals surface area contributed by atoms with Gasteiger partial charge in [-0.05, 0) is 37.3 Å². The SMILES string of the molecule is CCCOc1ccc(C=O)c(OCC(=O)N[C@@H]2CCCC[C@H]2C)c1. The van der Waals surface area contributed by atoms with Gasteiger partial charge in [0.15, 0.2) is 12.9 Å². The molecule has 2 atom stereocenters. The molecule has 1 N–H and O–H groups in total. The molecule has 2 rings (SSSR count). The lowest BCUT2D eigenvalue weighted by Gasteiger charge is -2.29. The fraction of sp³-hybridized carbons (Fsp3) is 0.579. The molecule has 0 unspecified atom stereocenters. The van der Waals surface area contributed by atoms with Crippen molar-refractivity contribution in [3.63, 3.8) is 0 Å². The van der Waals surface area contributed by atoms with Crippen LogP contribution in [-0.4, -0.2) is 31.4 Å². The van der Waals surface area contributed by atoms with Crippen LogP contribution >= 0.6 is 0 Å². The average Bonchev–Trinajstić information content (AvgIpc) is 2.60. The number of aldehydes is 1. The van der Waals surface area contributed by atoms with Crippen molar-refractivity contribution in [2.75, 3.05) is 13.2 Å². The summed E-state index contributed by atoms with van der Waals surface area (Å²) in [6.07, 6.45) is 6.18. The Labute approximate surface area is 143 Å². The van der Waals surface area contributed by atoms with E-state index in [1.54, 1.807) is 18.2 Å². The van der Waals surface area contributed by atoms with Gasteiger partial charge in [-0.1, -0.05) is 26.7 Å². The van der Waals surface area contributed by atoms with Gasteiger partial charge >= 0.3 is 0 Å².